The highest BCUT2D eigenvalue weighted by Crippen LogP contribution is 2.30. The smallest absolute Gasteiger partial charge is 0.225 e. The van der Waals surface area contributed by atoms with Gasteiger partial charge in [-0.25, -0.2) is 14.0 Å². The summed E-state index contributed by atoms with van der Waals surface area (Å²) in [7, 11) is 0. The normalized spacial score (nSPS) is 11.1. The van der Waals surface area contributed by atoms with Gasteiger partial charge < -0.3 is 9.88 Å². The Morgan fingerprint density at radius 1 is 1.25 bits per heavy atom. The second-order valence-corrected chi connectivity index (χ2v) is 6.52. The van der Waals surface area contributed by atoms with E-state index in [2.05, 4.69) is 20.6 Å². The van der Waals surface area contributed by atoms with Gasteiger partial charge in [-0.05, 0) is 40.1 Å². The monoisotopic (exact) mass is 399 g/mol. The number of carbonyl (C=O) groups excluding carboxylic acids is 1. The number of halogens is 2. The van der Waals surface area contributed by atoms with Gasteiger partial charge in [-0.2, -0.15) is 0 Å². The van der Waals surface area contributed by atoms with Crippen LogP contribution < -0.4 is 5.32 Å². The number of para-hydroxylation sites is 2. The predicted octanol–water partition coefficient (Wildman–Crippen LogP) is 4.28. The molecule has 0 fully saturated rings. The van der Waals surface area contributed by atoms with Crippen LogP contribution in [0.4, 0.5) is 10.2 Å². The number of nitrogens with zero attached hydrogens (tertiary/aromatic N) is 4. The number of benzene rings is 2. The molecule has 0 aliphatic carbocycles. The van der Waals surface area contributed by atoms with Crippen molar-refractivity contribution >= 4 is 34.4 Å². The third-order valence-electron chi connectivity index (χ3n) is 4.28. The van der Waals surface area contributed by atoms with Crippen LogP contribution in [0.2, 0.25) is 5.02 Å². The molecule has 142 valence electrons. The highest BCUT2D eigenvalue weighted by atomic mass is 35.5. The van der Waals surface area contributed by atoms with Gasteiger partial charge in [-0.3, -0.25) is 4.79 Å². The lowest BCUT2D eigenvalue weighted by molar-refractivity contribution is -0.115. The Labute approximate surface area is 164 Å². The van der Waals surface area contributed by atoms with E-state index in [-0.39, 0.29) is 18.1 Å². The zero-order valence-electron chi connectivity index (χ0n) is 14.8. The molecule has 1 N–H and O–H groups in total. The number of hydrogen-bond donors (Lipinski definition) is 1. The van der Waals surface area contributed by atoms with Gasteiger partial charge in [0, 0.05) is 11.4 Å². The second kappa shape index (κ2) is 7.40. The van der Waals surface area contributed by atoms with Gasteiger partial charge >= 0.3 is 0 Å². The highest BCUT2D eigenvalue weighted by molar-refractivity contribution is 6.31. The molecule has 0 saturated heterocycles. The first-order valence-electron chi connectivity index (χ1n) is 8.58. The third kappa shape index (κ3) is 3.34. The largest absolute Gasteiger partial charge is 0.318 e. The maximum Gasteiger partial charge on any atom is 0.225 e. The molecule has 0 aliphatic heterocycles. The van der Waals surface area contributed by atoms with Gasteiger partial charge in [0.15, 0.2) is 11.5 Å². The number of hydrogen-bond acceptors (Lipinski definition) is 5. The molecule has 2 aromatic carbocycles. The van der Waals surface area contributed by atoms with Crippen molar-refractivity contribution in [2.75, 3.05) is 5.32 Å². The van der Waals surface area contributed by atoms with Crippen LogP contribution in [0.1, 0.15) is 18.9 Å². The van der Waals surface area contributed by atoms with Crippen LogP contribution in [0.3, 0.4) is 0 Å². The molecular weight excluding hydrogens is 385 g/mol. The lowest BCUT2D eigenvalue weighted by Crippen LogP contribution is -2.11. The van der Waals surface area contributed by atoms with Crippen molar-refractivity contribution < 1.29 is 13.8 Å². The number of imidazole rings is 1. The van der Waals surface area contributed by atoms with Gasteiger partial charge in [0.2, 0.25) is 11.7 Å². The molecule has 0 saturated carbocycles. The average Bonchev–Trinajstić information content (AvgIpc) is 3.28. The zero-order chi connectivity index (χ0) is 19.7. The Kier molecular flexibility index (Phi) is 4.79. The van der Waals surface area contributed by atoms with Crippen molar-refractivity contribution in [3.05, 3.63) is 58.9 Å². The van der Waals surface area contributed by atoms with Gasteiger partial charge in [-0.15, -0.1) is 0 Å². The minimum atomic E-state index is -0.408. The topological polar surface area (TPSA) is 85.8 Å². The number of aromatic nitrogens is 4. The summed E-state index contributed by atoms with van der Waals surface area (Å²) in [6.07, 6.45) is 0.286. The summed E-state index contributed by atoms with van der Waals surface area (Å²) in [5.41, 5.74) is 2.57. The van der Waals surface area contributed by atoms with Crippen LogP contribution >= 0.6 is 11.6 Å². The zero-order valence-corrected chi connectivity index (χ0v) is 15.6. The maximum atomic E-state index is 13.4. The van der Waals surface area contributed by atoms with E-state index in [0.29, 0.717) is 28.6 Å². The molecule has 9 heteroatoms. The summed E-state index contributed by atoms with van der Waals surface area (Å²) in [6.45, 7) is 2.05. The van der Waals surface area contributed by atoms with Gasteiger partial charge in [0.1, 0.15) is 5.82 Å². The molecule has 2 heterocycles. The number of nitrogens with one attached hydrogen (secondary N) is 1. The van der Waals surface area contributed by atoms with Crippen molar-refractivity contribution in [3.8, 4) is 11.5 Å². The molecule has 0 aliphatic rings. The fourth-order valence-corrected chi connectivity index (χ4v) is 3.10. The van der Waals surface area contributed by atoms with Crippen molar-refractivity contribution in [1.29, 1.82) is 0 Å². The van der Waals surface area contributed by atoms with E-state index in [1.54, 1.807) is 13.0 Å². The molecule has 4 aromatic rings. The van der Waals surface area contributed by atoms with Crippen LogP contribution in [0, 0.1) is 5.82 Å². The molecule has 0 atom stereocenters. The lowest BCUT2D eigenvalue weighted by Gasteiger charge is -2.10. The van der Waals surface area contributed by atoms with Crippen LogP contribution in [0.25, 0.3) is 22.6 Å². The van der Waals surface area contributed by atoms with Crippen LogP contribution in [0.5, 0.6) is 0 Å². The molecule has 1 amide bonds. The van der Waals surface area contributed by atoms with Gasteiger partial charge in [0.05, 0.1) is 17.6 Å². The summed E-state index contributed by atoms with van der Waals surface area (Å²) in [4.78, 5) is 16.4. The lowest BCUT2D eigenvalue weighted by atomic mass is 10.2. The SMILES string of the molecule is CCC(=O)Nc1nonc1-c1nc2ccccc2n1Cc1ccc(F)cc1Cl. The Bertz CT molecular complexity index is 1170. The summed E-state index contributed by atoms with van der Waals surface area (Å²) in [5.74, 6) is 0.0128. The number of carbonyl (C=O) groups is 1. The van der Waals surface area contributed by atoms with E-state index in [1.165, 1.54) is 12.1 Å². The Morgan fingerprint density at radius 2 is 2.07 bits per heavy atom. The van der Waals surface area contributed by atoms with Crippen molar-refractivity contribution in [2.45, 2.75) is 19.9 Å². The first-order chi connectivity index (χ1) is 13.6. The number of amides is 1. The van der Waals surface area contributed by atoms with E-state index in [4.69, 9.17) is 16.2 Å². The molecule has 28 heavy (non-hydrogen) atoms. The Hall–Kier alpha value is -3.26. The molecule has 0 bridgehead atoms. The quantitative estimate of drug-likeness (QED) is 0.541. The molecule has 2 aromatic heterocycles. The van der Waals surface area contributed by atoms with E-state index in [0.717, 1.165) is 11.0 Å². The van der Waals surface area contributed by atoms with Crippen LogP contribution in [-0.4, -0.2) is 25.8 Å². The van der Waals surface area contributed by atoms with E-state index in [1.807, 2.05) is 28.8 Å². The average molecular weight is 400 g/mol. The Morgan fingerprint density at radius 3 is 2.86 bits per heavy atom. The Balaban J connectivity index is 1.85. The van der Waals surface area contributed by atoms with E-state index < -0.39 is 5.82 Å². The third-order valence-corrected chi connectivity index (χ3v) is 4.63. The van der Waals surface area contributed by atoms with Crippen LogP contribution in [0.15, 0.2) is 47.1 Å². The molecule has 0 radical (unpaired) electrons. The van der Waals surface area contributed by atoms with Crippen molar-refractivity contribution in [2.24, 2.45) is 0 Å². The minimum Gasteiger partial charge on any atom is -0.318 e. The fraction of sp³-hybridized carbons (Fsp3) is 0.158. The second-order valence-electron chi connectivity index (χ2n) is 6.11. The number of rotatable bonds is 5. The van der Waals surface area contributed by atoms with Crippen molar-refractivity contribution in [1.82, 2.24) is 19.9 Å². The maximum absolute atomic E-state index is 13.4. The van der Waals surface area contributed by atoms with E-state index in [9.17, 15) is 9.18 Å². The highest BCUT2D eigenvalue weighted by Gasteiger charge is 2.22. The van der Waals surface area contributed by atoms with E-state index >= 15 is 0 Å². The molecule has 0 unspecified atom stereocenters. The van der Waals surface area contributed by atoms with Crippen molar-refractivity contribution in [3.63, 3.8) is 0 Å². The van der Waals surface area contributed by atoms with Gasteiger partial charge in [-0.1, -0.05) is 36.7 Å². The molecule has 0 spiro atoms. The summed E-state index contributed by atoms with van der Waals surface area (Å²) < 4.78 is 20.1. The predicted molar refractivity (Wildman–Crippen MR) is 102 cm³/mol. The molecular formula is C19H15ClFN5O2. The van der Waals surface area contributed by atoms with Crippen LogP contribution in [-0.2, 0) is 11.3 Å². The van der Waals surface area contributed by atoms with Gasteiger partial charge in [0.25, 0.3) is 0 Å². The molecule has 4 rings (SSSR count). The molecule has 7 nitrogen and oxygen atoms in total. The first-order valence-corrected chi connectivity index (χ1v) is 8.96. The minimum absolute atomic E-state index is 0.189. The summed E-state index contributed by atoms with van der Waals surface area (Å²) in [5, 5.41) is 10.7. The number of fused-ring (bicyclic) bond motifs is 1. The summed E-state index contributed by atoms with van der Waals surface area (Å²) in [6, 6.07) is 11.8. The standard InChI is InChI=1S/C19H15ClFN5O2/c1-2-16(27)23-18-17(24-28-25-18)19-22-14-5-3-4-6-15(14)26(19)10-11-7-8-12(21)9-13(11)20/h3-9H,2,10H2,1H3,(H,23,25,27). The first kappa shape index (κ1) is 18.1. The summed E-state index contributed by atoms with van der Waals surface area (Å²) >= 11 is 6.22. The number of anilines is 1. The fourth-order valence-electron chi connectivity index (χ4n) is 2.87.